The second-order valence-electron chi connectivity index (χ2n) is 11.0. The number of piperidine rings is 1. The van der Waals surface area contributed by atoms with Crippen LogP contribution in [0.15, 0.2) is 85.2 Å². The molecular weight excluding hydrogens is 410 g/mol. The van der Waals surface area contributed by atoms with Crippen LogP contribution < -0.4 is 0 Å². The van der Waals surface area contributed by atoms with Gasteiger partial charge in [0.25, 0.3) is 0 Å². The summed E-state index contributed by atoms with van der Waals surface area (Å²) in [5, 5.41) is 0. The summed E-state index contributed by atoms with van der Waals surface area (Å²) in [6, 6.07) is 7.23. The van der Waals surface area contributed by atoms with Gasteiger partial charge in [0.15, 0.2) is 0 Å². The van der Waals surface area contributed by atoms with E-state index in [4.69, 9.17) is 0 Å². The molecule has 0 bridgehead atoms. The first-order valence-corrected chi connectivity index (χ1v) is 13.2. The molecule has 0 amide bonds. The predicted molar refractivity (Wildman–Crippen MR) is 149 cm³/mol. The van der Waals surface area contributed by atoms with E-state index in [-0.39, 0.29) is 0 Å². The van der Waals surface area contributed by atoms with Crippen LogP contribution in [-0.4, -0.2) is 18.0 Å². The molecule has 1 heteroatoms. The number of benzene rings is 1. The number of likely N-dealkylation sites (tertiary alicyclic amines) is 1. The number of fused-ring (bicyclic) bond motifs is 1. The van der Waals surface area contributed by atoms with Gasteiger partial charge in [-0.1, -0.05) is 67.3 Å². The standard InChI is InChI=1S/C33H43N/c1-23(2)12-14-31(24(3)4)33-22-30-21-29(13-15-32(30)26(33)6)28-16-18-34(19-17-28)25(5)20-27-10-8-7-9-11-27/h8,10-11,13,15,21,28,31,33H,1,3,5-7,9,12,14,16-20,22H2,2,4H3. The molecule has 3 aliphatic rings. The summed E-state index contributed by atoms with van der Waals surface area (Å²) in [4.78, 5) is 2.52. The summed E-state index contributed by atoms with van der Waals surface area (Å²) in [5.74, 6) is 1.62. The molecule has 0 radical (unpaired) electrons. The summed E-state index contributed by atoms with van der Waals surface area (Å²) >= 11 is 0. The van der Waals surface area contributed by atoms with E-state index in [9.17, 15) is 0 Å². The van der Waals surface area contributed by atoms with Crippen molar-refractivity contribution in [1.82, 2.24) is 4.90 Å². The third-order valence-electron chi connectivity index (χ3n) is 8.26. The molecule has 0 aromatic heterocycles. The molecule has 1 fully saturated rings. The van der Waals surface area contributed by atoms with Crippen molar-refractivity contribution in [1.29, 1.82) is 0 Å². The van der Waals surface area contributed by atoms with E-state index < -0.39 is 0 Å². The zero-order chi connectivity index (χ0) is 24.2. The van der Waals surface area contributed by atoms with Gasteiger partial charge < -0.3 is 4.90 Å². The highest BCUT2D eigenvalue weighted by atomic mass is 15.1. The van der Waals surface area contributed by atoms with Crippen LogP contribution in [0.5, 0.6) is 0 Å². The lowest BCUT2D eigenvalue weighted by Gasteiger charge is -2.35. The first-order valence-electron chi connectivity index (χ1n) is 13.2. The lowest BCUT2D eigenvalue weighted by Crippen LogP contribution is -2.32. The van der Waals surface area contributed by atoms with Crippen LogP contribution in [0.25, 0.3) is 5.57 Å². The maximum absolute atomic E-state index is 4.54. The molecule has 180 valence electrons. The largest absolute Gasteiger partial charge is 0.375 e. The van der Waals surface area contributed by atoms with Crippen molar-refractivity contribution in [2.24, 2.45) is 11.8 Å². The average molecular weight is 454 g/mol. The minimum absolute atomic E-state index is 0.482. The first kappa shape index (κ1) is 24.6. The van der Waals surface area contributed by atoms with Crippen molar-refractivity contribution in [3.05, 3.63) is 102 Å². The molecule has 0 saturated carbocycles. The van der Waals surface area contributed by atoms with Crippen molar-refractivity contribution in [3.8, 4) is 0 Å². The Kier molecular flexibility index (Phi) is 7.81. The zero-order valence-corrected chi connectivity index (χ0v) is 21.5. The van der Waals surface area contributed by atoms with Gasteiger partial charge in [-0.25, -0.2) is 0 Å². The second kappa shape index (κ2) is 10.8. The number of hydrogen-bond acceptors (Lipinski definition) is 1. The molecule has 34 heavy (non-hydrogen) atoms. The van der Waals surface area contributed by atoms with Gasteiger partial charge in [-0.2, -0.15) is 0 Å². The van der Waals surface area contributed by atoms with E-state index in [1.54, 1.807) is 0 Å². The average Bonchev–Trinajstić information content (AvgIpc) is 3.15. The Morgan fingerprint density at radius 1 is 1.09 bits per heavy atom. The maximum Gasteiger partial charge on any atom is 0.0180 e. The van der Waals surface area contributed by atoms with E-state index in [0.29, 0.717) is 17.8 Å². The van der Waals surface area contributed by atoms with Crippen molar-refractivity contribution in [2.45, 2.75) is 71.1 Å². The summed E-state index contributed by atoms with van der Waals surface area (Å²) in [5.41, 5.74) is 11.0. The number of nitrogens with zero attached hydrogens (tertiary/aromatic N) is 1. The highest BCUT2D eigenvalue weighted by molar-refractivity contribution is 5.73. The first-order chi connectivity index (χ1) is 16.3. The normalized spacial score (nSPS) is 21.2. The highest BCUT2D eigenvalue weighted by Gasteiger charge is 2.33. The lowest BCUT2D eigenvalue weighted by molar-refractivity contribution is 0.260. The monoisotopic (exact) mass is 453 g/mol. The SMILES string of the molecule is C=C(C)CCC(C(=C)C)C1Cc2cc(C3CCN(C(=C)CC4=CCCC=C4)CC3)ccc2C1=C. The number of allylic oxidation sites excluding steroid dienone is 7. The Labute approximate surface area is 208 Å². The smallest absolute Gasteiger partial charge is 0.0180 e. The van der Waals surface area contributed by atoms with Crippen LogP contribution in [0.2, 0.25) is 0 Å². The molecule has 1 saturated heterocycles. The Morgan fingerprint density at radius 2 is 1.85 bits per heavy atom. The van der Waals surface area contributed by atoms with Crippen LogP contribution in [-0.2, 0) is 6.42 Å². The maximum atomic E-state index is 4.54. The molecular formula is C33H43N. The topological polar surface area (TPSA) is 3.24 Å². The quantitative estimate of drug-likeness (QED) is 0.338. The van der Waals surface area contributed by atoms with Gasteiger partial charge in [0, 0.05) is 25.2 Å². The second-order valence-corrected chi connectivity index (χ2v) is 11.0. The minimum Gasteiger partial charge on any atom is -0.375 e. The lowest BCUT2D eigenvalue weighted by atomic mass is 9.79. The van der Waals surface area contributed by atoms with Gasteiger partial charge in [-0.15, -0.1) is 6.58 Å². The van der Waals surface area contributed by atoms with Gasteiger partial charge in [-0.05, 0) is 104 Å². The van der Waals surface area contributed by atoms with Crippen molar-refractivity contribution >= 4 is 5.57 Å². The number of rotatable bonds is 9. The van der Waals surface area contributed by atoms with E-state index in [1.165, 1.54) is 70.4 Å². The van der Waals surface area contributed by atoms with Crippen LogP contribution in [0.3, 0.4) is 0 Å². The summed E-state index contributed by atoms with van der Waals surface area (Å²) in [7, 11) is 0. The predicted octanol–water partition coefficient (Wildman–Crippen LogP) is 8.78. The summed E-state index contributed by atoms with van der Waals surface area (Å²) in [6.45, 7) is 24.0. The third kappa shape index (κ3) is 5.57. The Balaban J connectivity index is 1.38. The molecule has 1 nitrogen and oxygen atoms in total. The highest BCUT2D eigenvalue weighted by Crippen LogP contribution is 2.45. The summed E-state index contributed by atoms with van der Waals surface area (Å²) < 4.78 is 0. The molecule has 4 rings (SSSR count). The molecule has 1 heterocycles. The van der Waals surface area contributed by atoms with Gasteiger partial charge >= 0.3 is 0 Å². The minimum atomic E-state index is 0.482. The molecule has 2 unspecified atom stereocenters. The molecule has 2 aliphatic carbocycles. The fourth-order valence-corrected chi connectivity index (χ4v) is 6.16. The fraction of sp³-hybridized carbons (Fsp3) is 0.455. The van der Waals surface area contributed by atoms with Crippen LogP contribution >= 0.6 is 0 Å². The van der Waals surface area contributed by atoms with Crippen molar-refractivity contribution < 1.29 is 0 Å². The van der Waals surface area contributed by atoms with Crippen molar-refractivity contribution in [2.75, 3.05) is 13.1 Å². The van der Waals surface area contributed by atoms with Crippen LogP contribution in [0, 0.1) is 11.8 Å². The van der Waals surface area contributed by atoms with E-state index in [2.05, 4.69) is 81.5 Å². The van der Waals surface area contributed by atoms with Gasteiger partial charge in [0.1, 0.15) is 0 Å². The Morgan fingerprint density at radius 3 is 2.50 bits per heavy atom. The molecule has 0 spiro atoms. The number of hydrogen-bond donors (Lipinski definition) is 0. The molecule has 2 atom stereocenters. The van der Waals surface area contributed by atoms with Crippen LogP contribution in [0.4, 0.5) is 0 Å². The fourth-order valence-electron chi connectivity index (χ4n) is 6.16. The van der Waals surface area contributed by atoms with Gasteiger partial charge in [-0.3, -0.25) is 0 Å². The zero-order valence-electron chi connectivity index (χ0n) is 21.5. The Bertz CT molecular complexity index is 1020. The molecule has 1 aliphatic heterocycles. The molecule has 1 aromatic rings. The van der Waals surface area contributed by atoms with E-state index in [0.717, 1.165) is 38.8 Å². The molecule has 0 N–H and O–H groups in total. The van der Waals surface area contributed by atoms with Crippen LogP contribution in [0.1, 0.15) is 81.4 Å². The summed E-state index contributed by atoms with van der Waals surface area (Å²) in [6.07, 6.45) is 16.0. The Hall–Kier alpha value is -2.54. The van der Waals surface area contributed by atoms with Gasteiger partial charge in [0.05, 0.1) is 0 Å². The van der Waals surface area contributed by atoms with Gasteiger partial charge in [0.2, 0.25) is 0 Å². The van der Waals surface area contributed by atoms with E-state index >= 15 is 0 Å². The van der Waals surface area contributed by atoms with Crippen molar-refractivity contribution in [3.63, 3.8) is 0 Å². The molecule has 1 aromatic carbocycles. The third-order valence-corrected chi connectivity index (χ3v) is 8.26. The van der Waals surface area contributed by atoms with E-state index in [1.807, 2.05) is 0 Å².